The zero-order valence-corrected chi connectivity index (χ0v) is 9.35. The summed E-state index contributed by atoms with van der Waals surface area (Å²) >= 11 is -3.06. The molecule has 13 heavy (non-hydrogen) atoms. The van der Waals surface area contributed by atoms with Crippen molar-refractivity contribution in [3.8, 4) is 0 Å². The van der Waals surface area contributed by atoms with Gasteiger partial charge in [0, 0.05) is 19.8 Å². The molecule has 80 valence electrons. The number of hydrogen-bond donors (Lipinski definition) is 0. The minimum atomic E-state index is -1.71. The van der Waals surface area contributed by atoms with Gasteiger partial charge in [-0.3, -0.25) is 8.37 Å². The van der Waals surface area contributed by atoms with E-state index in [1.165, 1.54) is 18.4 Å². The Balaban J connectivity index is 3.42. The quantitative estimate of drug-likeness (QED) is 0.544. The van der Waals surface area contributed by atoms with Crippen LogP contribution in [0.3, 0.4) is 0 Å². The Morgan fingerprint density at radius 2 is 2.00 bits per heavy atom. The van der Waals surface area contributed by atoms with Crippen molar-refractivity contribution in [2.75, 3.05) is 33.6 Å². The first-order valence-electron chi connectivity index (χ1n) is 3.38. The molecule has 0 fully saturated rings. The normalized spacial score (nSPS) is 16.0. The number of hydrogen-bond acceptors (Lipinski definition) is 6. The third-order valence-corrected chi connectivity index (χ3v) is 2.05. The molecule has 0 aliphatic heterocycles. The highest BCUT2D eigenvalue weighted by atomic mass is 32.2. The zero-order valence-electron chi connectivity index (χ0n) is 7.72. The Bertz CT molecular complexity index is 188. The fraction of sp³-hybridized carbons (Fsp3) is 1.00. The summed E-state index contributed by atoms with van der Waals surface area (Å²) in [5.41, 5.74) is 0. The molecule has 0 spiro atoms. The van der Waals surface area contributed by atoms with Gasteiger partial charge in [0.15, 0.2) is 11.1 Å². The Hall–Kier alpha value is 0.140. The number of likely N-dealkylation sites (N-methyl/N-ethyl adjacent to an activating group) is 1. The van der Waals surface area contributed by atoms with Crippen LogP contribution >= 0.6 is 0 Å². The molecule has 2 atom stereocenters. The van der Waals surface area contributed by atoms with E-state index in [2.05, 4.69) is 8.37 Å². The summed E-state index contributed by atoms with van der Waals surface area (Å²) in [6, 6.07) is 0. The first-order chi connectivity index (χ1) is 6.06. The minimum Gasteiger partial charge on any atom is -0.272 e. The summed E-state index contributed by atoms with van der Waals surface area (Å²) in [6.07, 6.45) is 1.41. The molecule has 0 saturated carbocycles. The first kappa shape index (κ1) is 13.1. The molecule has 6 nitrogen and oxygen atoms in total. The van der Waals surface area contributed by atoms with E-state index in [1.807, 2.05) is 0 Å². The maximum Gasteiger partial charge on any atom is 0.304 e. The van der Waals surface area contributed by atoms with Crippen molar-refractivity contribution in [2.24, 2.45) is 0 Å². The average molecular weight is 231 g/mol. The van der Waals surface area contributed by atoms with E-state index in [1.54, 1.807) is 7.05 Å². The smallest absolute Gasteiger partial charge is 0.272 e. The van der Waals surface area contributed by atoms with Crippen LogP contribution < -0.4 is 0 Å². The predicted molar refractivity (Wildman–Crippen MR) is 48.9 cm³/mol. The molecule has 0 aromatic rings. The monoisotopic (exact) mass is 231 g/mol. The van der Waals surface area contributed by atoms with Gasteiger partial charge in [-0.15, -0.1) is 0 Å². The molecular formula is C5H13NO5S2. The maximum atomic E-state index is 10.6. The summed E-state index contributed by atoms with van der Waals surface area (Å²) in [4.78, 5) is 0. The fourth-order valence-corrected chi connectivity index (χ4v) is 1.24. The maximum absolute atomic E-state index is 10.6. The van der Waals surface area contributed by atoms with E-state index in [-0.39, 0.29) is 6.61 Å². The van der Waals surface area contributed by atoms with E-state index in [4.69, 9.17) is 4.28 Å². The van der Waals surface area contributed by atoms with Crippen LogP contribution in [0.1, 0.15) is 0 Å². The lowest BCUT2D eigenvalue weighted by atomic mass is 10.7. The van der Waals surface area contributed by atoms with Gasteiger partial charge >= 0.3 is 11.4 Å². The van der Waals surface area contributed by atoms with Gasteiger partial charge in [-0.25, -0.2) is 4.21 Å². The predicted octanol–water partition coefficient (Wildman–Crippen LogP) is -0.615. The summed E-state index contributed by atoms with van der Waals surface area (Å²) in [7, 11) is 2.87. The largest absolute Gasteiger partial charge is 0.304 e. The molecule has 0 heterocycles. The van der Waals surface area contributed by atoms with E-state index in [0.29, 0.717) is 6.54 Å². The lowest BCUT2D eigenvalue weighted by Crippen LogP contribution is -2.24. The molecular weight excluding hydrogens is 218 g/mol. The Kier molecular flexibility index (Phi) is 7.62. The molecule has 0 aromatic heterocycles. The Morgan fingerprint density at radius 3 is 2.46 bits per heavy atom. The van der Waals surface area contributed by atoms with Crippen molar-refractivity contribution in [1.29, 1.82) is 0 Å². The number of rotatable bonds is 7. The topological polar surface area (TPSA) is 65.1 Å². The van der Waals surface area contributed by atoms with Crippen LogP contribution in [0.25, 0.3) is 0 Å². The van der Waals surface area contributed by atoms with Gasteiger partial charge in [0.1, 0.15) is 0 Å². The van der Waals surface area contributed by atoms with E-state index >= 15 is 0 Å². The van der Waals surface area contributed by atoms with Gasteiger partial charge in [0.2, 0.25) is 0 Å². The van der Waals surface area contributed by atoms with Gasteiger partial charge < -0.3 is 0 Å². The van der Waals surface area contributed by atoms with Gasteiger partial charge in [0.05, 0.1) is 13.7 Å². The molecule has 0 amide bonds. The van der Waals surface area contributed by atoms with E-state index in [9.17, 15) is 8.42 Å². The highest BCUT2D eigenvalue weighted by Gasteiger charge is 2.03. The molecule has 0 N–H and O–H groups in total. The van der Waals surface area contributed by atoms with Crippen LogP contribution in [0.4, 0.5) is 0 Å². The lowest BCUT2D eigenvalue weighted by Gasteiger charge is -2.12. The molecule has 0 aliphatic carbocycles. The molecule has 0 aliphatic rings. The SMILES string of the molecule is COS(=O)OCCN(C)OS(C)=O. The molecule has 0 saturated heterocycles. The van der Waals surface area contributed by atoms with Gasteiger partial charge in [-0.2, -0.15) is 13.6 Å². The van der Waals surface area contributed by atoms with Gasteiger partial charge in [-0.05, 0) is 0 Å². The van der Waals surface area contributed by atoms with Gasteiger partial charge in [0.25, 0.3) is 0 Å². The van der Waals surface area contributed by atoms with Crippen LogP contribution in [0.5, 0.6) is 0 Å². The van der Waals surface area contributed by atoms with E-state index in [0.717, 1.165) is 0 Å². The molecule has 0 radical (unpaired) electrons. The second kappa shape index (κ2) is 7.54. The van der Waals surface area contributed by atoms with Crippen LogP contribution in [0.2, 0.25) is 0 Å². The summed E-state index contributed by atoms with van der Waals surface area (Å²) < 4.78 is 34.9. The van der Waals surface area contributed by atoms with Crippen LogP contribution in [-0.2, 0) is 35.1 Å². The van der Waals surface area contributed by atoms with Gasteiger partial charge in [-0.1, -0.05) is 0 Å². The molecule has 0 rings (SSSR count). The summed E-state index contributed by atoms with van der Waals surface area (Å²) in [5.74, 6) is 0. The summed E-state index contributed by atoms with van der Waals surface area (Å²) in [5, 5.41) is 1.34. The molecule has 0 aromatic carbocycles. The van der Waals surface area contributed by atoms with Crippen molar-refractivity contribution in [3.63, 3.8) is 0 Å². The summed E-state index contributed by atoms with van der Waals surface area (Å²) in [6.45, 7) is 0.531. The first-order valence-corrected chi connectivity index (χ1v) is 5.87. The molecule has 0 bridgehead atoms. The van der Waals surface area contributed by atoms with Crippen LogP contribution in [0, 0.1) is 0 Å². The average Bonchev–Trinajstić information content (AvgIpc) is 2.02. The van der Waals surface area contributed by atoms with Crippen molar-refractivity contribution in [3.05, 3.63) is 0 Å². The van der Waals surface area contributed by atoms with Crippen LogP contribution in [0.15, 0.2) is 0 Å². The van der Waals surface area contributed by atoms with Crippen molar-refractivity contribution < 1.29 is 21.1 Å². The number of nitrogens with zero attached hydrogens (tertiary/aromatic N) is 1. The van der Waals surface area contributed by atoms with Crippen molar-refractivity contribution >= 4 is 22.4 Å². The van der Waals surface area contributed by atoms with E-state index < -0.39 is 22.4 Å². The Morgan fingerprint density at radius 1 is 1.38 bits per heavy atom. The van der Waals surface area contributed by atoms with Crippen molar-refractivity contribution in [1.82, 2.24) is 5.06 Å². The highest BCUT2D eigenvalue weighted by Crippen LogP contribution is 1.91. The second-order valence-electron chi connectivity index (χ2n) is 2.02. The molecule has 8 heteroatoms. The highest BCUT2D eigenvalue weighted by molar-refractivity contribution is 7.79. The zero-order chi connectivity index (χ0) is 10.3. The number of hydroxylamine groups is 2. The third kappa shape index (κ3) is 8.47. The third-order valence-electron chi connectivity index (χ3n) is 0.954. The van der Waals surface area contributed by atoms with Crippen LogP contribution in [-0.4, -0.2) is 47.0 Å². The Labute approximate surface area is 82.6 Å². The fourth-order valence-electron chi connectivity index (χ4n) is 0.498. The molecule has 2 unspecified atom stereocenters. The second-order valence-corrected chi connectivity index (χ2v) is 3.95. The standard InChI is InChI=1S/C5H13NO5S2/c1-6(11-12(3)7)4-5-10-13(8)9-2/h4-5H2,1-3H3. The lowest BCUT2D eigenvalue weighted by molar-refractivity contribution is -0.0243. The van der Waals surface area contributed by atoms with Crippen molar-refractivity contribution in [2.45, 2.75) is 0 Å². The minimum absolute atomic E-state index is 0.175.